The molecule has 0 bridgehead atoms. The van der Waals surface area contributed by atoms with Crippen LogP contribution in [0.1, 0.15) is 0 Å². The summed E-state index contributed by atoms with van der Waals surface area (Å²) < 4.78 is 10.2. The van der Waals surface area contributed by atoms with E-state index in [0.717, 1.165) is 0 Å². The summed E-state index contributed by atoms with van der Waals surface area (Å²) in [5, 5.41) is 14.9. The molecule has 2 aromatic rings. The highest BCUT2D eigenvalue weighted by Gasteiger charge is 2.19. The molecule has 25 heavy (non-hydrogen) atoms. The molecule has 0 aromatic heterocycles. The van der Waals surface area contributed by atoms with E-state index in [0.29, 0.717) is 5.75 Å². The fraction of sp³-hybridized carbons (Fsp3) is 0.125. The predicted molar refractivity (Wildman–Crippen MR) is 94.9 cm³/mol. The van der Waals surface area contributed by atoms with Gasteiger partial charge >= 0.3 is 11.8 Å². The van der Waals surface area contributed by atoms with E-state index >= 15 is 0 Å². The summed E-state index contributed by atoms with van der Waals surface area (Å²) in [6.07, 6.45) is 0. The minimum atomic E-state index is -1.01. The third-order valence-electron chi connectivity index (χ3n) is 3.14. The van der Waals surface area contributed by atoms with Gasteiger partial charge in [-0.05, 0) is 18.2 Å². The van der Waals surface area contributed by atoms with Crippen molar-refractivity contribution in [2.45, 2.75) is 0 Å². The number of benzene rings is 2. The number of rotatable bonds is 4. The molecule has 3 N–H and O–H groups in total. The van der Waals surface area contributed by atoms with Crippen LogP contribution in [0.15, 0.2) is 30.3 Å². The summed E-state index contributed by atoms with van der Waals surface area (Å²) in [5.41, 5.74) is 0.201. The summed E-state index contributed by atoms with van der Waals surface area (Å²) in [6.45, 7) is 0. The number of methoxy groups -OCH3 is 2. The van der Waals surface area contributed by atoms with Crippen LogP contribution >= 0.6 is 23.2 Å². The maximum Gasteiger partial charge on any atom is 0.314 e. The van der Waals surface area contributed by atoms with Crippen molar-refractivity contribution in [3.05, 3.63) is 40.4 Å². The molecule has 0 fully saturated rings. The van der Waals surface area contributed by atoms with E-state index in [1.165, 1.54) is 44.6 Å². The zero-order chi connectivity index (χ0) is 18.6. The van der Waals surface area contributed by atoms with Gasteiger partial charge < -0.3 is 25.2 Å². The van der Waals surface area contributed by atoms with E-state index in [4.69, 9.17) is 32.7 Å². The van der Waals surface area contributed by atoms with Crippen molar-refractivity contribution in [2.24, 2.45) is 0 Å². The second-order valence-electron chi connectivity index (χ2n) is 4.76. The first-order chi connectivity index (χ1) is 11.8. The lowest BCUT2D eigenvalue weighted by molar-refractivity contribution is -0.133. The van der Waals surface area contributed by atoms with Gasteiger partial charge in [-0.25, -0.2) is 0 Å². The Morgan fingerprint density at radius 1 is 0.920 bits per heavy atom. The second-order valence-corrected chi connectivity index (χ2v) is 5.60. The van der Waals surface area contributed by atoms with Crippen LogP contribution in [0.4, 0.5) is 11.4 Å². The van der Waals surface area contributed by atoms with Crippen LogP contribution in [0.2, 0.25) is 10.0 Å². The molecule has 2 amide bonds. The minimum Gasteiger partial charge on any atom is -0.506 e. The monoisotopic (exact) mass is 384 g/mol. The average molecular weight is 385 g/mol. The van der Waals surface area contributed by atoms with E-state index in [-0.39, 0.29) is 32.9 Å². The largest absolute Gasteiger partial charge is 0.506 e. The Balaban J connectivity index is 2.18. The van der Waals surface area contributed by atoms with Crippen LogP contribution in [0.25, 0.3) is 0 Å². The molecule has 0 saturated heterocycles. The van der Waals surface area contributed by atoms with Gasteiger partial charge in [0.25, 0.3) is 0 Å². The Labute approximate surface area is 153 Å². The number of ether oxygens (including phenoxy) is 2. The van der Waals surface area contributed by atoms with Crippen molar-refractivity contribution in [1.82, 2.24) is 0 Å². The number of halogens is 2. The van der Waals surface area contributed by atoms with Crippen molar-refractivity contribution in [3.63, 3.8) is 0 Å². The van der Waals surface area contributed by atoms with Gasteiger partial charge in [-0.1, -0.05) is 23.2 Å². The fourth-order valence-electron chi connectivity index (χ4n) is 1.92. The van der Waals surface area contributed by atoms with E-state index in [9.17, 15) is 14.7 Å². The summed E-state index contributed by atoms with van der Waals surface area (Å²) in [4.78, 5) is 24.1. The number of carbonyl (C=O) groups is 2. The van der Waals surface area contributed by atoms with Gasteiger partial charge in [-0.2, -0.15) is 0 Å². The molecule has 0 atom stereocenters. The third-order valence-corrected chi connectivity index (χ3v) is 3.67. The number of phenols is 1. The number of phenolic OH excluding ortho intramolecular Hbond substituents is 1. The lowest BCUT2D eigenvalue weighted by Gasteiger charge is -2.13. The van der Waals surface area contributed by atoms with Crippen molar-refractivity contribution in [1.29, 1.82) is 0 Å². The molecule has 0 aliphatic carbocycles. The van der Waals surface area contributed by atoms with E-state index in [2.05, 4.69) is 10.6 Å². The first-order valence-electron chi connectivity index (χ1n) is 6.88. The van der Waals surface area contributed by atoms with Crippen LogP contribution in [-0.4, -0.2) is 31.1 Å². The molecule has 7 nitrogen and oxygen atoms in total. The van der Waals surface area contributed by atoms with Gasteiger partial charge in [-0.15, -0.1) is 0 Å². The van der Waals surface area contributed by atoms with E-state index in [1.54, 1.807) is 0 Å². The van der Waals surface area contributed by atoms with E-state index in [1.807, 2.05) is 0 Å². The lowest BCUT2D eigenvalue weighted by Crippen LogP contribution is -2.29. The number of amides is 2. The topological polar surface area (TPSA) is 96.9 Å². The number of carbonyl (C=O) groups excluding carboxylic acids is 2. The molecule has 0 aliphatic heterocycles. The Morgan fingerprint density at radius 3 is 2.12 bits per heavy atom. The molecule has 132 valence electrons. The van der Waals surface area contributed by atoms with Gasteiger partial charge in [-0.3, -0.25) is 9.59 Å². The SMILES string of the molecule is COc1cc(NC(=O)C(=O)Nc2cc(Cl)ccc2O)c(OC)cc1Cl. The fourth-order valence-corrected chi connectivity index (χ4v) is 2.33. The van der Waals surface area contributed by atoms with Crippen LogP contribution in [0, 0.1) is 0 Å². The Morgan fingerprint density at radius 2 is 1.52 bits per heavy atom. The standard InChI is InChI=1S/C16H14Cl2N2O5/c1-24-13-7-11(14(25-2)6-9(13)18)20-16(23)15(22)19-10-5-8(17)3-4-12(10)21/h3-7,21H,1-2H3,(H,19,22)(H,20,23). The second kappa shape index (κ2) is 7.96. The van der Waals surface area contributed by atoms with Gasteiger partial charge in [0.2, 0.25) is 0 Å². The first kappa shape index (κ1) is 18.7. The van der Waals surface area contributed by atoms with Crippen LogP contribution in [0.3, 0.4) is 0 Å². The molecule has 9 heteroatoms. The molecule has 0 heterocycles. The number of nitrogens with one attached hydrogen (secondary N) is 2. The zero-order valence-corrected chi connectivity index (χ0v) is 14.7. The van der Waals surface area contributed by atoms with Gasteiger partial charge in [0.05, 0.1) is 30.6 Å². The number of hydrogen-bond acceptors (Lipinski definition) is 5. The van der Waals surface area contributed by atoms with Gasteiger partial charge in [0, 0.05) is 17.2 Å². The molecule has 0 saturated carbocycles. The Hall–Kier alpha value is -2.64. The summed E-state index contributed by atoms with van der Waals surface area (Å²) >= 11 is 11.8. The van der Waals surface area contributed by atoms with Gasteiger partial charge in [0.15, 0.2) is 0 Å². The molecule has 0 radical (unpaired) electrons. The predicted octanol–water partition coefficient (Wildman–Crippen LogP) is 3.29. The smallest absolute Gasteiger partial charge is 0.314 e. The first-order valence-corrected chi connectivity index (χ1v) is 7.63. The van der Waals surface area contributed by atoms with Crippen LogP contribution in [0.5, 0.6) is 17.2 Å². The highest BCUT2D eigenvalue weighted by atomic mass is 35.5. The summed E-state index contributed by atoms with van der Waals surface area (Å²) in [6, 6.07) is 6.91. The summed E-state index contributed by atoms with van der Waals surface area (Å²) in [5.74, 6) is -1.67. The quantitative estimate of drug-likeness (QED) is 0.554. The third kappa shape index (κ3) is 4.46. The Kier molecular flexibility index (Phi) is 5.95. The van der Waals surface area contributed by atoms with Crippen LogP contribution < -0.4 is 20.1 Å². The van der Waals surface area contributed by atoms with Crippen molar-refractivity contribution in [2.75, 3.05) is 24.9 Å². The van der Waals surface area contributed by atoms with Crippen molar-refractivity contribution in [3.8, 4) is 17.2 Å². The maximum atomic E-state index is 12.1. The molecule has 2 rings (SSSR count). The highest BCUT2D eigenvalue weighted by Crippen LogP contribution is 2.36. The number of aromatic hydroxyl groups is 1. The minimum absolute atomic E-state index is 0.00769. The number of hydrogen-bond donors (Lipinski definition) is 3. The lowest BCUT2D eigenvalue weighted by atomic mass is 10.2. The highest BCUT2D eigenvalue weighted by molar-refractivity contribution is 6.44. The molecule has 0 aliphatic rings. The molecular formula is C16H14Cl2N2O5. The molecule has 0 unspecified atom stereocenters. The average Bonchev–Trinajstić information content (AvgIpc) is 2.59. The maximum absolute atomic E-state index is 12.1. The van der Waals surface area contributed by atoms with E-state index < -0.39 is 11.8 Å². The molecule has 0 spiro atoms. The van der Waals surface area contributed by atoms with Crippen LogP contribution in [-0.2, 0) is 9.59 Å². The zero-order valence-electron chi connectivity index (χ0n) is 13.2. The summed E-state index contributed by atoms with van der Waals surface area (Å²) in [7, 11) is 2.80. The van der Waals surface area contributed by atoms with Gasteiger partial charge in [0.1, 0.15) is 17.2 Å². The Bertz CT molecular complexity index is 826. The van der Waals surface area contributed by atoms with Crippen molar-refractivity contribution < 1.29 is 24.2 Å². The normalized spacial score (nSPS) is 10.1. The molecule has 2 aromatic carbocycles. The van der Waals surface area contributed by atoms with Crippen molar-refractivity contribution >= 4 is 46.4 Å². The number of anilines is 2. The molecular weight excluding hydrogens is 371 g/mol.